The molecule has 0 aliphatic rings. The number of sulfonamides is 1. The summed E-state index contributed by atoms with van der Waals surface area (Å²) >= 11 is 0. The third-order valence-electron chi connectivity index (χ3n) is 2.98. The third-order valence-corrected chi connectivity index (χ3v) is 4.37. The fraction of sp³-hybridized carbons (Fsp3) is 0.231. The zero-order chi connectivity index (χ0) is 16.5. The maximum Gasteiger partial charge on any atom is 0.337 e. The lowest BCUT2D eigenvalue weighted by Gasteiger charge is -2.12. The number of anilines is 1. The van der Waals surface area contributed by atoms with Crippen molar-refractivity contribution in [2.45, 2.75) is 24.7 Å². The minimum atomic E-state index is -4.04. The molecule has 0 amide bonds. The molecule has 2 rings (SSSR count). The van der Waals surface area contributed by atoms with Crippen molar-refractivity contribution in [1.29, 1.82) is 0 Å². The summed E-state index contributed by atoms with van der Waals surface area (Å²) in [7, 11) is -4.04. The molecule has 0 saturated heterocycles. The molecule has 1 aromatic carbocycles. The minimum absolute atomic E-state index is 0.0674. The molecule has 0 radical (unpaired) electrons. The number of H-pyrrole nitrogens is 1. The summed E-state index contributed by atoms with van der Waals surface area (Å²) < 4.78 is 27.0. The second-order valence-corrected chi connectivity index (χ2v) is 6.59. The quantitative estimate of drug-likeness (QED) is 0.662. The van der Waals surface area contributed by atoms with E-state index < -0.39 is 16.0 Å². The number of aromatic nitrogens is 2. The second-order valence-electron chi connectivity index (χ2n) is 4.94. The highest BCUT2D eigenvalue weighted by Gasteiger charge is 2.24. The van der Waals surface area contributed by atoms with Crippen molar-refractivity contribution in [2.75, 3.05) is 4.72 Å². The molecule has 9 heteroatoms. The van der Waals surface area contributed by atoms with Crippen molar-refractivity contribution in [3.63, 3.8) is 0 Å². The molecule has 0 fully saturated rings. The SMILES string of the molecule is CC(C)c1[nH]ncc1S(=O)(=O)Nc1cc(O)ccc1C(=O)O. The van der Waals surface area contributed by atoms with Gasteiger partial charge in [0.2, 0.25) is 0 Å². The standard InChI is InChI=1S/C13H15N3O5S/c1-7(2)12-11(6-14-15-12)22(20,21)16-10-5-8(17)3-4-9(10)13(18)19/h3-7,16-17H,1-2H3,(H,14,15)(H,18,19). The van der Waals surface area contributed by atoms with Crippen molar-refractivity contribution < 1.29 is 23.4 Å². The van der Waals surface area contributed by atoms with Crippen LogP contribution in [0.5, 0.6) is 5.75 Å². The van der Waals surface area contributed by atoms with Crippen molar-refractivity contribution in [2.24, 2.45) is 0 Å². The molecule has 1 aromatic heterocycles. The Hall–Kier alpha value is -2.55. The van der Waals surface area contributed by atoms with E-state index in [9.17, 15) is 18.3 Å². The van der Waals surface area contributed by atoms with Crippen LogP contribution in [0.15, 0.2) is 29.3 Å². The average Bonchev–Trinajstić information content (AvgIpc) is 2.87. The molecular weight excluding hydrogens is 310 g/mol. The van der Waals surface area contributed by atoms with E-state index in [1.807, 2.05) is 0 Å². The number of phenols is 1. The normalized spacial score (nSPS) is 11.6. The van der Waals surface area contributed by atoms with Gasteiger partial charge in [0.1, 0.15) is 10.6 Å². The van der Waals surface area contributed by atoms with E-state index in [-0.39, 0.29) is 27.8 Å². The molecule has 2 aromatic rings. The maximum atomic E-state index is 12.4. The van der Waals surface area contributed by atoms with E-state index in [1.165, 1.54) is 6.07 Å². The molecular formula is C13H15N3O5S. The highest BCUT2D eigenvalue weighted by Crippen LogP contribution is 2.27. The number of aromatic amines is 1. The third kappa shape index (κ3) is 3.03. The van der Waals surface area contributed by atoms with Gasteiger partial charge < -0.3 is 10.2 Å². The summed E-state index contributed by atoms with van der Waals surface area (Å²) in [6.45, 7) is 3.59. The molecule has 0 saturated carbocycles. The average molecular weight is 325 g/mol. The van der Waals surface area contributed by atoms with Gasteiger partial charge in [0.15, 0.2) is 0 Å². The van der Waals surface area contributed by atoms with Crippen LogP contribution in [0.25, 0.3) is 0 Å². The van der Waals surface area contributed by atoms with Crippen LogP contribution in [0.4, 0.5) is 5.69 Å². The number of phenolic OH excluding ortho intramolecular Hbond substituents is 1. The molecule has 118 valence electrons. The van der Waals surface area contributed by atoms with E-state index >= 15 is 0 Å². The Morgan fingerprint density at radius 2 is 2.05 bits per heavy atom. The lowest BCUT2D eigenvalue weighted by molar-refractivity contribution is 0.0698. The summed E-state index contributed by atoms with van der Waals surface area (Å²) in [6, 6.07) is 3.32. The van der Waals surface area contributed by atoms with Gasteiger partial charge in [0.25, 0.3) is 10.0 Å². The lowest BCUT2D eigenvalue weighted by atomic mass is 10.1. The molecule has 0 aliphatic carbocycles. The number of carbonyl (C=O) groups is 1. The first-order valence-electron chi connectivity index (χ1n) is 6.34. The van der Waals surface area contributed by atoms with E-state index in [4.69, 9.17) is 5.11 Å². The maximum absolute atomic E-state index is 12.4. The monoisotopic (exact) mass is 325 g/mol. The molecule has 0 aliphatic heterocycles. The van der Waals surface area contributed by atoms with Crippen LogP contribution >= 0.6 is 0 Å². The summed E-state index contributed by atoms with van der Waals surface area (Å²) in [5.41, 5.74) is -0.0797. The highest BCUT2D eigenvalue weighted by atomic mass is 32.2. The zero-order valence-electron chi connectivity index (χ0n) is 11.9. The Labute approximate surface area is 126 Å². The van der Waals surface area contributed by atoms with Gasteiger partial charge in [0, 0.05) is 6.07 Å². The Kier molecular flexibility index (Phi) is 4.09. The molecule has 0 unspecified atom stereocenters. The van der Waals surface area contributed by atoms with E-state index in [0.717, 1.165) is 18.3 Å². The van der Waals surface area contributed by atoms with Crippen molar-refractivity contribution in [3.8, 4) is 5.75 Å². The number of carboxylic acid groups (broad SMARTS) is 1. The highest BCUT2D eigenvalue weighted by molar-refractivity contribution is 7.92. The minimum Gasteiger partial charge on any atom is -0.508 e. The van der Waals surface area contributed by atoms with Crippen molar-refractivity contribution in [3.05, 3.63) is 35.7 Å². The number of carboxylic acids is 1. The molecule has 0 atom stereocenters. The van der Waals surface area contributed by atoms with Gasteiger partial charge in [-0.25, -0.2) is 13.2 Å². The van der Waals surface area contributed by atoms with Gasteiger partial charge >= 0.3 is 5.97 Å². The number of aromatic hydroxyl groups is 1. The van der Waals surface area contributed by atoms with Gasteiger partial charge in [-0.15, -0.1) is 0 Å². The molecule has 1 heterocycles. The van der Waals surface area contributed by atoms with Crippen LogP contribution in [-0.2, 0) is 10.0 Å². The number of nitrogens with zero attached hydrogens (tertiary/aromatic N) is 1. The van der Waals surface area contributed by atoms with E-state index in [2.05, 4.69) is 14.9 Å². The van der Waals surface area contributed by atoms with Gasteiger partial charge in [-0.2, -0.15) is 5.10 Å². The molecule has 0 bridgehead atoms. The number of aromatic carboxylic acids is 1. The van der Waals surface area contributed by atoms with Crippen molar-refractivity contribution >= 4 is 21.7 Å². The van der Waals surface area contributed by atoms with Gasteiger partial charge in [-0.3, -0.25) is 9.82 Å². The topological polar surface area (TPSA) is 132 Å². The molecule has 4 N–H and O–H groups in total. The number of nitrogens with one attached hydrogen (secondary N) is 2. The van der Waals surface area contributed by atoms with Gasteiger partial charge in [-0.1, -0.05) is 13.8 Å². The van der Waals surface area contributed by atoms with Crippen LogP contribution in [0.1, 0.15) is 35.8 Å². The van der Waals surface area contributed by atoms with Crippen molar-refractivity contribution in [1.82, 2.24) is 10.2 Å². The largest absolute Gasteiger partial charge is 0.508 e. The summed E-state index contributed by atoms with van der Waals surface area (Å²) in [5.74, 6) is -1.68. The van der Waals surface area contributed by atoms with Crippen LogP contribution in [0.2, 0.25) is 0 Å². The number of rotatable bonds is 5. The first-order chi connectivity index (χ1) is 10.2. The molecule has 0 spiro atoms. The second kappa shape index (κ2) is 5.68. The number of hydrogen-bond donors (Lipinski definition) is 4. The fourth-order valence-corrected chi connectivity index (χ4v) is 3.25. The predicted molar refractivity (Wildman–Crippen MR) is 78.6 cm³/mol. The Morgan fingerprint density at radius 1 is 1.36 bits per heavy atom. The Morgan fingerprint density at radius 3 is 2.64 bits per heavy atom. The summed E-state index contributed by atoms with van der Waals surface area (Å²) in [6.07, 6.45) is 1.15. The van der Waals surface area contributed by atoms with E-state index in [1.54, 1.807) is 13.8 Å². The van der Waals surface area contributed by atoms with Crippen LogP contribution in [0, 0.1) is 0 Å². The molecule has 22 heavy (non-hydrogen) atoms. The smallest absolute Gasteiger partial charge is 0.337 e. The number of benzene rings is 1. The first-order valence-corrected chi connectivity index (χ1v) is 7.83. The first kappa shape index (κ1) is 15.8. The fourth-order valence-electron chi connectivity index (χ4n) is 1.92. The summed E-state index contributed by atoms with van der Waals surface area (Å²) in [4.78, 5) is 11.1. The Bertz CT molecular complexity index is 811. The van der Waals surface area contributed by atoms with Gasteiger partial charge in [-0.05, 0) is 18.1 Å². The van der Waals surface area contributed by atoms with E-state index in [0.29, 0.717) is 5.69 Å². The molecule has 8 nitrogen and oxygen atoms in total. The predicted octanol–water partition coefficient (Wildman–Crippen LogP) is 1.74. The van der Waals surface area contributed by atoms with Crippen LogP contribution < -0.4 is 4.72 Å². The zero-order valence-corrected chi connectivity index (χ0v) is 12.7. The lowest BCUT2D eigenvalue weighted by Crippen LogP contribution is -2.16. The Balaban J connectivity index is 2.48. The number of hydrogen-bond acceptors (Lipinski definition) is 5. The van der Waals surface area contributed by atoms with Crippen LogP contribution in [-0.4, -0.2) is 34.8 Å². The summed E-state index contributed by atoms with van der Waals surface area (Å²) in [5, 5.41) is 24.9. The van der Waals surface area contributed by atoms with Crippen LogP contribution in [0.3, 0.4) is 0 Å². The van der Waals surface area contributed by atoms with Gasteiger partial charge in [0.05, 0.1) is 23.1 Å².